The largest absolute Gasteiger partial charge is 0.309 e. The van der Waals surface area contributed by atoms with Gasteiger partial charge in [-0.2, -0.15) is 11.8 Å². The van der Waals surface area contributed by atoms with Crippen LogP contribution in [0.25, 0.3) is 10.9 Å². The van der Waals surface area contributed by atoms with Gasteiger partial charge in [-0.25, -0.2) is 4.98 Å². The maximum Gasteiger partial charge on any atom is 0.258 e. The number of H-pyrrole nitrogens is 1. The molecule has 1 aliphatic heterocycles. The lowest BCUT2D eigenvalue weighted by molar-refractivity contribution is 0.213. The minimum Gasteiger partial charge on any atom is -0.309 e. The van der Waals surface area contributed by atoms with E-state index < -0.39 is 0 Å². The van der Waals surface area contributed by atoms with E-state index in [1.54, 1.807) is 0 Å². The highest BCUT2D eigenvalue weighted by atomic mass is 32.2. The van der Waals surface area contributed by atoms with Crippen molar-refractivity contribution < 1.29 is 0 Å². The van der Waals surface area contributed by atoms with Gasteiger partial charge in [-0.05, 0) is 44.2 Å². The second-order valence-corrected chi connectivity index (χ2v) is 7.79. The molecule has 0 radical (unpaired) electrons. The normalized spacial score (nSPS) is 21.2. The fraction of sp³-hybridized carbons (Fsp3) is 0.556. The predicted molar refractivity (Wildman–Crippen MR) is 98.1 cm³/mol. The molecule has 0 amide bonds. The van der Waals surface area contributed by atoms with E-state index in [4.69, 9.17) is 4.98 Å². The second kappa shape index (κ2) is 7.49. The lowest BCUT2D eigenvalue weighted by Crippen LogP contribution is -2.34. The van der Waals surface area contributed by atoms with Crippen molar-refractivity contribution in [1.29, 1.82) is 0 Å². The number of nitrogens with zero attached hydrogens (tertiary/aromatic N) is 2. The highest BCUT2D eigenvalue weighted by molar-refractivity contribution is 7.99. The van der Waals surface area contributed by atoms with Crippen molar-refractivity contribution in [3.63, 3.8) is 0 Å². The first-order valence-corrected chi connectivity index (χ1v) is 9.58. The van der Waals surface area contributed by atoms with Crippen LogP contribution in [0.2, 0.25) is 0 Å². The van der Waals surface area contributed by atoms with E-state index in [2.05, 4.69) is 35.5 Å². The van der Waals surface area contributed by atoms with Gasteiger partial charge in [-0.15, -0.1) is 0 Å². The fourth-order valence-electron chi connectivity index (χ4n) is 3.33. The summed E-state index contributed by atoms with van der Waals surface area (Å²) < 4.78 is 0. The Morgan fingerprint density at radius 1 is 1.39 bits per heavy atom. The first kappa shape index (κ1) is 16.5. The zero-order chi connectivity index (χ0) is 16.2. The molecule has 0 spiro atoms. The minimum absolute atomic E-state index is 0.0354. The molecule has 23 heavy (non-hydrogen) atoms. The number of hydrogen-bond donors (Lipinski definition) is 1. The molecular formula is C18H25N3OS. The van der Waals surface area contributed by atoms with Crippen molar-refractivity contribution in [3.05, 3.63) is 40.4 Å². The van der Waals surface area contributed by atoms with Crippen LogP contribution in [0.5, 0.6) is 0 Å². The Morgan fingerprint density at radius 3 is 3.04 bits per heavy atom. The maximum atomic E-state index is 12.3. The fourth-order valence-corrected chi connectivity index (χ4v) is 4.43. The van der Waals surface area contributed by atoms with Crippen LogP contribution in [0.15, 0.2) is 29.1 Å². The van der Waals surface area contributed by atoms with Gasteiger partial charge < -0.3 is 4.98 Å². The average molecular weight is 331 g/mol. The molecule has 1 aliphatic rings. The van der Waals surface area contributed by atoms with Gasteiger partial charge >= 0.3 is 0 Å². The van der Waals surface area contributed by atoms with Crippen LogP contribution in [0.3, 0.4) is 0 Å². The summed E-state index contributed by atoms with van der Waals surface area (Å²) in [6.07, 6.45) is 3.81. The van der Waals surface area contributed by atoms with E-state index in [9.17, 15) is 4.79 Å². The van der Waals surface area contributed by atoms with Crippen molar-refractivity contribution in [2.75, 3.05) is 18.8 Å². The standard InChI is InChI=1S/C18H25N3OS/c1-3-23-14-8-6-7-11-21(12-14)13(2)17-19-16-10-5-4-9-15(16)18(22)20-17/h4-5,9-10,13-14H,3,6-8,11-12H2,1-2H3,(H,19,20,22)/t13-,14+/m1/s1. The monoisotopic (exact) mass is 331 g/mol. The summed E-state index contributed by atoms with van der Waals surface area (Å²) in [5, 5.41) is 1.36. The Hall–Kier alpha value is -1.33. The molecule has 1 saturated heterocycles. The summed E-state index contributed by atoms with van der Waals surface area (Å²) in [6, 6.07) is 7.70. The van der Waals surface area contributed by atoms with E-state index in [1.807, 2.05) is 24.3 Å². The van der Waals surface area contributed by atoms with Gasteiger partial charge in [0, 0.05) is 11.8 Å². The molecule has 0 bridgehead atoms. The summed E-state index contributed by atoms with van der Waals surface area (Å²) in [5.74, 6) is 1.95. The Bertz CT molecular complexity index is 715. The van der Waals surface area contributed by atoms with Crippen LogP contribution in [-0.2, 0) is 0 Å². The Morgan fingerprint density at radius 2 is 2.22 bits per heavy atom. The van der Waals surface area contributed by atoms with Gasteiger partial charge in [-0.3, -0.25) is 9.69 Å². The molecule has 124 valence electrons. The van der Waals surface area contributed by atoms with E-state index in [0.29, 0.717) is 10.6 Å². The van der Waals surface area contributed by atoms with Crippen molar-refractivity contribution in [3.8, 4) is 0 Å². The van der Waals surface area contributed by atoms with Crippen LogP contribution in [0.1, 0.15) is 45.0 Å². The third-order valence-electron chi connectivity index (χ3n) is 4.64. The van der Waals surface area contributed by atoms with Crippen molar-refractivity contribution in [1.82, 2.24) is 14.9 Å². The number of likely N-dealkylation sites (tertiary alicyclic amines) is 1. The second-order valence-electron chi connectivity index (χ2n) is 6.21. The predicted octanol–water partition coefficient (Wildman–Crippen LogP) is 3.59. The van der Waals surface area contributed by atoms with Gasteiger partial charge in [0.1, 0.15) is 5.82 Å². The zero-order valence-corrected chi connectivity index (χ0v) is 14.7. The first-order valence-electron chi connectivity index (χ1n) is 8.53. The number of hydrogen-bond acceptors (Lipinski definition) is 4. The summed E-state index contributed by atoms with van der Waals surface area (Å²) in [7, 11) is 0. The molecule has 1 N–H and O–H groups in total. The Balaban J connectivity index is 1.86. The van der Waals surface area contributed by atoms with Gasteiger partial charge in [0.15, 0.2) is 0 Å². The van der Waals surface area contributed by atoms with E-state index in [0.717, 1.165) is 30.2 Å². The molecule has 1 aromatic heterocycles. The third kappa shape index (κ3) is 3.78. The van der Waals surface area contributed by atoms with Crippen molar-refractivity contribution in [2.45, 2.75) is 44.4 Å². The van der Waals surface area contributed by atoms with Gasteiger partial charge in [0.05, 0.1) is 16.9 Å². The van der Waals surface area contributed by atoms with Crippen LogP contribution in [-0.4, -0.2) is 39.0 Å². The molecule has 2 aromatic rings. The van der Waals surface area contributed by atoms with Crippen LogP contribution < -0.4 is 5.56 Å². The molecule has 2 heterocycles. The van der Waals surface area contributed by atoms with Crippen molar-refractivity contribution in [2.24, 2.45) is 0 Å². The highest BCUT2D eigenvalue weighted by Gasteiger charge is 2.24. The topological polar surface area (TPSA) is 49.0 Å². The Kier molecular flexibility index (Phi) is 5.38. The smallest absolute Gasteiger partial charge is 0.258 e. The van der Waals surface area contributed by atoms with E-state index >= 15 is 0 Å². The minimum atomic E-state index is -0.0354. The van der Waals surface area contributed by atoms with Crippen LogP contribution in [0.4, 0.5) is 0 Å². The molecule has 1 aromatic carbocycles. The van der Waals surface area contributed by atoms with Crippen LogP contribution >= 0.6 is 11.8 Å². The number of nitrogens with one attached hydrogen (secondary N) is 1. The molecule has 0 aliphatic carbocycles. The molecule has 0 unspecified atom stereocenters. The number of benzene rings is 1. The number of rotatable bonds is 4. The summed E-state index contributed by atoms with van der Waals surface area (Å²) >= 11 is 2.05. The summed E-state index contributed by atoms with van der Waals surface area (Å²) in [4.78, 5) is 22.5. The number of thioether (sulfide) groups is 1. The Labute approximate surface area is 141 Å². The molecule has 3 rings (SSSR count). The average Bonchev–Trinajstić information content (AvgIpc) is 2.80. The van der Waals surface area contributed by atoms with Gasteiger partial charge in [-0.1, -0.05) is 25.5 Å². The molecule has 0 saturated carbocycles. The van der Waals surface area contributed by atoms with Crippen molar-refractivity contribution >= 4 is 22.7 Å². The number of aromatic nitrogens is 2. The molecule has 1 fully saturated rings. The molecule has 2 atom stereocenters. The molecule has 4 nitrogen and oxygen atoms in total. The zero-order valence-electron chi connectivity index (χ0n) is 13.9. The van der Waals surface area contributed by atoms with E-state index in [1.165, 1.54) is 19.3 Å². The molecule has 5 heteroatoms. The highest BCUT2D eigenvalue weighted by Crippen LogP contribution is 2.27. The maximum absolute atomic E-state index is 12.3. The quantitative estimate of drug-likeness (QED) is 0.930. The SMILES string of the molecule is CCS[C@H]1CCCCN([C@H](C)c2nc3ccccc3c(=O)[nH]2)C1. The lowest BCUT2D eigenvalue weighted by atomic mass is 10.2. The third-order valence-corrected chi connectivity index (χ3v) is 5.83. The molecular weight excluding hydrogens is 306 g/mol. The number of para-hydroxylation sites is 1. The summed E-state index contributed by atoms with van der Waals surface area (Å²) in [5.41, 5.74) is 0.749. The number of fused-ring (bicyclic) bond motifs is 1. The number of aromatic amines is 1. The van der Waals surface area contributed by atoms with E-state index in [-0.39, 0.29) is 11.6 Å². The summed E-state index contributed by atoms with van der Waals surface area (Å²) in [6.45, 7) is 6.55. The van der Waals surface area contributed by atoms with Gasteiger partial charge in [0.25, 0.3) is 5.56 Å². The van der Waals surface area contributed by atoms with Gasteiger partial charge in [0.2, 0.25) is 0 Å². The first-order chi connectivity index (χ1) is 11.2. The lowest BCUT2D eigenvalue weighted by Gasteiger charge is -2.29. The van der Waals surface area contributed by atoms with Crippen LogP contribution in [0, 0.1) is 0 Å².